The van der Waals surface area contributed by atoms with Crippen molar-refractivity contribution < 1.29 is 0 Å². The van der Waals surface area contributed by atoms with Gasteiger partial charge in [-0.15, -0.1) is 0 Å². The maximum absolute atomic E-state index is 3.99. The Morgan fingerprint density at radius 3 is 2.63 bits per heavy atom. The highest BCUT2D eigenvalue weighted by Crippen LogP contribution is 2.20. The minimum atomic E-state index is 0.929. The molecule has 0 aromatic heterocycles. The highest BCUT2D eigenvalue weighted by molar-refractivity contribution is 9.10. The van der Waals surface area contributed by atoms with E-state index in [1.54, 1.807) is 0 Å². The lowest BCUT2D eigenvalue weighted by Crippen LogP contribution is -2.24. The number of halogens is 1. The molecule has 3 heteroatoms. The summed E-state index contributed by atoms with van der Waals surface area (Å²) >= 11 is 3.69. The van der Waals surface area contributed by atoms with Crippen molar-refractivity contribution in [3.05, 3.63) is 46.0 Å². The van der Waals surface area contributed by atoms with Gasteiger partial charge in [0.1, 0.15) is 0 Å². The Kier molecular flexibility index (Phi) is 7.36. The molecular formula is C16H25BrN2. The predicted octanol–water partition coefficient (Wildman–Crippen LogP) is 3.96. The highest BCUT2D eigenvalue weighted by atomic mass is 79.9. The van der Waals surface area contributed by atoms with Crippen molar-refractivity contribution in [3.63, 3.8) is 0 Å². The van der Waals surface area contributed by atoms with Crippen LogP contribution in [-0.4, -0.2) is 24.5 Å². The second-order valence-corrected chi connectivity index (χ2v) is 5.82. The first kappa shape index (κ1) is 16.4. The summed E-state index contributed by atoms with van der Waals surface area (Å²) < 4.78 is 1.20. The standard InChI is InChI=1S/C16H25BrN2/c1-5-18-10-14-7-8-15(16(17)9-14)12-19(6-2)11-13(3)4/h7-9,18H,3,5-6,10-12H2,1-2,4H3. The average Bonchev–Trinajstić information content (AvgIpc) is 2.37. The van der Waals surface area contributed by atoms with Crippen molar-refractivity contribution in [2.45, 2.75) is 33.9 Å². The summed E-state index contributed by atoms with van der Waals surface area (Å²) in [5, 5.41) is 3.35. The molecule has 0 aliphatic rings. The molecule has 0 radical (unpaired) electrons. The summed E-state index contributed by atoms with van der Waals surface area (Å²) in [7, 11) is 0. The van der Waals surface area contributed by atoms with E-state index in [-0.39, 0.29) is 0 Å². The second kappa shape index (κ2) is 8.51. The van der Waals surface area contributed by atoms with E-state index >= 15 is 0 Å². The summed E-state index contributed by atoms with van der Waals surface area (Å²) in [6.07, 6.45) is 0. The van der Waals surface area contributed by atoms with Gasteiger partial charge in [0.2, 0.25) is 0 Å². The van der Waals surface area contributed by atoms with Gasteiger partial charge in [-0.1, -0.05) is 54.1 Å². The Hall–Kier alpha value is -0.640. The highest BCUT2D eigenvalue weighted by Gasteiger charge is 2.07. The largest absolute Gasteiger partial charge is 0.313 e. The normalized spacial score (nSPS) is 11.0. The third kappa shape index (κ3) is 5.89. The van der Waals surface area contributed by atoms with Crippen molar-refractivity contribution in [1.29, 1.82) is 0 Å². The summed E-state index contributed by atoms with van der Waals surface area (Å²) in [5.41, 5.74) is 3.87. The van der Waals surface area contributed by atoms with Crippen LogP contribution < -0.4 is 5.32 Å². The van der Waals surface area contributed by atoms with Gasteiger partial charge in [0.15, 0.2) is 0 Å². The number of hydrogen-bond acceptors (Lipinski definition) is 2. The molecule has 19 heavy (non-hydrogen) atoms. The third-order valence-corrected chi connectivity index (χ3v) is 3.77. The molecule has 106 valence electrons. The predicted molar refractivity (Wildman–Crippen MR) is 87.3 cm³/mol. The van der Waals surface area contributed by atoms with E-state index < -0.39 is 0 Å². The minimum Gasteiger partial charge on any atom is -0.313 e. The van der Waals surface area contributed by atoms with Gasteiger partial charge in [0.25, 0.3) is 0 Å². The molecule has 0 amide bonds. The molecule has 0 bridgehead atoms. The van der Waals surface area contributed by atoms with Crippen molar-refractivity contribution in [2.24, 2.45) is 0 Å². The molecule has 1 aromatic carbocycles. The maximum Gasteiger partial charge on any atom is 0.0248 e. The van der Waals surface area contributed by atoms with Crippen molar-refractivity contribution >= 4 is 15.9 Å². The molecule has 0 fully saturated rings. The molecule has 0 aliphatic carbocycles. The van der Waals surface area contributed by atoms with Crippen LogP contribution >= 0.6 is 15.9 Å². The number of nitrogens with zero attached hydrogens (tertiary/aromatic N) is 1. The topological polar surface area (TPSA) is 15.3 Å². The van der Waals surface area contributed by atoms with Gasteiger partial charge in [-0.2, -0.15) is 0 Å². The van der Waals surface area contributed by atoms with Crippen molar-refractivity contribution in [3.8, 4) is 0 Å². The van der Waals surface area contributed by atoms with Crippen LogP contribution in [0.3, 0.4) is 0 Å². The molecule has 0 heterocycles. The molecule has 1 N–H and O–H groups in total. The van der Waals surface area contributed by atoms with Crippen LogP contribution in [0.4, 0.5) is 0 Å². The quantitative estimate of drug-likeness (QED) is 0.728. The van der Waals surface area contributed by atoms with Crippen LogP contribution in [0.15, 0.2) is 34.8 Å². The smallest absolute Gasteiger partial charge is 0.0248 e. The van der Waals surface area contributed by atoms with E-state index in [4.69, 9.17) is 0 Å². The average molecular weight is 325 g/mol. The van der Waals surface area contributed by atoms with E-state index in [9.17, 15) is 0 Å². The molecule has 0 saturated carbocycles. The first-order valence-corrected chi connectivity index (χ1v) is 7.70. The van der Waals surface area contributed by atoms with E-state index in [1.807, 2.05) is 0 Å². The lowest BCUT2D eigenvalue weighted by atomic mass is 10.1. The minimum absolute atomic E-state index is 0.929. The number of benzene rings is 1. The van der Waals surface area contributed by atoms with Crippen molar-refractivity contribution in [2.75, 3.05) is 19.6 Å². The Morgan fingerprint density at radius 1 is 1.37 bits per heavy atom. The van der Waals surface area contributed by atoms with Gasteiger partial charge in [0.05, 0.1) is 0 Å². The van der Waals surface area contributed by atoms with Gasteiger partial charge >= 0.3 is 0 Å². The summed E-state index contributed by atoms with van der Waals surface area (Å²) in [4.78, 5) is 2.40. The van der Waals surface area contributed by atoms with E-state index in [0.29, 0.717) is 0 Å². The van der Waals surface area contributed by atoms with Crippen LogP contribution in [-0.2, 0) is 13.1 Å². The molecule has 0 aliphatic heterocycles. The fraction of sp³-hybridized carbons (Fsp3) is 0.500. The van der Waals surface area contributed by atoms with Crippen LogP contribution in [0.5, 0.6) is 0 Å². The lowest BCUT2D eigenvalue weighted by molar-refractivity contribution is 0.304. The Bertz CT molecular complexity index is 415. The molecule has 1 rings (SSSR count). The maximum atomic E-state index is 3.99. The fourth-order valence-corrected chi connectivity index (χ4v) is 2.55. The Morgan fingerprint density at radius 2 is 2.11 bits per heavy atom. The molecule has 2 nitrogen and oxygen atoms in total. The van der Waals surface area contributed by atoms with Crippen LogP contribution in [0.2, 0.25) is 0 Å². The van der Waals surface area contributed by atoms with Gasteiger partial charge in [0, 0.05) is 24.1 Å². The Balaban J connectivity index is 2.70. The molecule has 1 aromatic rings. The number of rotatable bonds is 8. The SMILES string of the molecule is C=C(C)CN(CC)Cc1ccc(CNCC)cc1Br. The monoisotopic (exact) mass is 324 g/mol. The second-order valence-electron chi connectivity index (χ2n) is 4.97. The van der Waals surface area contributed by atoms with E-state index in [0.717, 1.165) is 32.7 Å². The van der Waals surface area contributed by atoms with Crippen LogP contribution in [0.1, 0.15) is 31.9 Å². The zero-order valence-electron chi connectivity index (χ0n) is 12.3. The van der Waals surface area contributed by atoms with Gasteiger partial charge < -0.3 is 5.32 Å². The van der Waals surface area contributed by atoms with E-state index in [2.05, 4.69) is 71.7 Å². The van der Waals surface area contributed by atoms with Crippen LogP contribution in [0, 0.1) is 0 Å². The number of nitrogens with one attached hydrogen (secondary N) is 1. The zero-order valence-corrected chi connectivity index (χ0v) is 13.9. The molecule has 0 atom stereocenters. The summed E-state index contributed by atoms with van der Waals surface area (Å²) in [5.74, 6) is 0. The lowest BCUT2D eigenvalue weighted by Gasteiger charge is -2.21. The molecule has 0 saturated heterocycles. The van der Waals surface area contributed by atoms with Gasteiger partial charge in [-0.05, 0) is 37.2 Å². The van der Waals surface area contributed by atoms with E-state index in [1.165, 1.54) is 21.2 Å². The van der Waals surface area contributed by atoms with Crippen molar-refractivity contribution in [1.82, 2.24) is 10.2 Å². The molecule has 0 spiro atoms. The fourth-order valence-electron chi connectivity index (χ4n) is 2.00. The third-order valence-electron chi connectivity index (χ3n) is 3.03. The first-order chi connectivity index (χ1) is 9.06. The van der Waals surface area contributed by atoms with Gasteiger partial charge in [-0.25, -0.2) is 0 Å². The van der Waals surface area contributed by atoms with Crippen LogP contribution in [0.25, 0.3) is 0 Å². The Labute approximate surface area is 126 Å². The summed E-state index contributed by atoms with van der Waals surface area (Å²) in [6.45, 7) is 15.3. The summed E-state index contributed by atoms with van der Waals surface area (Å²) in [6, 6.07) is 6.64. The zero-order chi connectivity index (χ0) is 14.3. The molecule has 0 unspecified atom stereocenters. The number of hydrogen-bond donors (Lipinski definition) is 1. The molecular weight excluding hydrogens is 300 g/mol. The first-order valence-electron chi connectivity index (χ1n) is 6.91. The van der Waals surface area contributed by atoms with Gasteiger partial charge in [-0.3, -0.25) is 4.90 Å². The number of likely N-dealkylation sites (N-methyl/N-ethyl adjacent to an activating group) is 1.